The van der Waals surface area contributed by atoms with E-state index >= 15 is 0 Å². The molecule has 0 aromatic carbocycles. The molecule has 5 heteroatoms. The van der Waals surface area contributed by atoms with Crippen molar-refractivity contribution >= 4 is 18.0 Å². The van der Waals surface area contributed by atoms with E-state index in [9.17, 15) is 4.79 Å². The summed E-state index contributed by atoms with van der Waals surface area (Å²) in [4.78, 5) is 15.6. The second-order valence-corrected chi connectivity index (χ2v) is 4.48. The van der Waals surface area contributed by atoms with Gasteiger partial charge in [-0.15, -0.1) is 0 Å². The molecule has 0 saturated heterocycles. The summed E-state index contributed by atoms with van der Waals surface area (Å²) in [5.74, 6) is 0.0714. The predicted octanol–water partition coefficient (Wildman–Crippen LogP) is 1.50. The Bertz CT molecular complexity index is 310. The Labute approximate surface area is 109 Å². The van der Waals surface area contributed by atoms with Crippen molar-refractivity contribution in [3.05, 3.63) is 12.7 Å². The fourth-order valence-electron chi connectivity index (χ4n) is 1.21. The number of rotatable bonds is 8. The van der Waals surface area contributed by atoms with Crippen LogP contribution in [-0.4, -0.2) is 36.6 Å². The Morgan fingerprint density at radius 2 is 2.11 bits per heavy atom. The van der Waals surface area contributed by atoms with Crippen LogP contribution in [0.3, 0.4) is 0 Å². The van der Waals surface area contributed by atoms with E-state index in [-0.39, 0.29) is 30.4 Å². The van der Waals surface area contributed by atoms with Crippen LogP contribution in [-0.2, 0) is 4.79 Å². The van der Waals surface area contributed by atoms with Gasteiger partial charge in [-0.2, -0.15) is 0 Å². The standard InChI is InChI=1S/C13H24N4O/c1-5-8-15-11(4)6-7-12(14)17-13(18)9-16-10(2)3/h5,8,10-11,16H,1,6-7,9H2,2-4H3,(H2,14,17,18)/b15-8-. The third-order valence-electron chi connectivity index (χ3n) is 2.22. The molecule has 5 nitrogen and oxygen atoms in total. The maximum Gasteiger partial charge on any atom is 0.239 e. The molecule has 0 aliphatic heterocycles. The molecular weight excluding hydrogens is 228 g/mol. The number of nitrogens with one attached hydrogen (secondary N) is 3. The molecule has 1 unspecified atom stereocenters. The number of hydrogen-bond acceptors (Lipinski definition) is 4. The van der Waals surface area contributed by atoms with Crippen molar-refractivity contribution in [2.75, 3.05) is 6.54 Å². The van der Waals surface area contributed by atoms with Gasteiger partial charge in [0.05, 0.1) is 12.4 Å². The fraction of sp³-hybridized carbons (Fsp3) is 0.615. The van der Waals surface area contributed by atoms with E-state index in [4.69, 9.17) is 5.41 Å². The van der Waals surface area contributed by atoms with Crippen LogP contribution >= 0.6 is 0 Å². The Morgan fingerprint density at radius 3 is 2.67 bits per heavy atom. The molecule has 0 spiro atoms. The average Bonchev–Trinajstić information content (AvgIpc) is 2.31. The minimum absolute atomic E-state index is 0.133. The average molecular weight is 252 g/mol. The SMILES string of the molecule is C=C/C=N\C(C)CCC(=N)NC(=O)CNC(C)C. The zero-order valence-corrected chi connectivity index (χ0v) is 11.5. The van der Waals surface area contributed by atoms with Crippen molar-refractivity contribution < 1.29 is 4.79 Å². The van der Waals surface area contributed by atoms with Gasteiger partial charge in [0.25, 0.3) is 0 Å². The van der Waals surface area contributed by atoms with Gasteiger partial charge in [0, 0.05) is 24.7 Å². The van der Waals surface area contributed by atoms with E-state index in [2.05, 4.69) is 22.2 Å². The van der Waals surface area contributed by atoms with Crippen LogP contribution in [0.1, 0.15) is 33.6 Å². The van der Waals surface area contributed by atoms with Gasteiger partial charge in [0.15, 0.2) is 0 Å². The van der Waals surface area contributed by atoms with Crippen LogP contribution in [0.5, 0.6) is 0 Å². The second-order valence-electron chi connectivity index (χ2n) is 4.48. The van der Waals surface area contributed by atoms with Gasteiger partial charge in [0.2, 0.25) is 5.91 Å². The Kier molecular flexibility index (Phi) is 8.74. The van der Waals surface area contributed by atoms with Crippen molar-refractivity contribution in [2.24, 2.45) is 4.99 Å². The first-order valence-electron chi connectivity index (χ1n) is 6.20. The molecule has 0 aliphatic carbocycles. The van der Waals surface area contributed by atoms with E-state index in [0.29, 0.717) is 6.42 Å². The molecule has 18 heavy (non-hydrogen) atoms. The van der Waals surface area contributed by atoms with Gasteiger partial charge in [-0.05, 0) is 13.3 Å². The topological polar surface area (TPSA) is 77.3 Å². The van der Waals surface area contributed by atoms with Crippen LogP contribution in [0.25, 0.3) is 0 Å². The summed E-state index contributed by atoms with van der Waals surface area (Å²) in [5, 5.41) is 13.2. The van der Waals surface area contributed by atoms with Gasteiger partial charge in [-0.3, -0.25) is 15.2 Å². The number of carbonyl (C=O) groups excluding carboxylic acids is 1. The monoisotopic (exact) mass is 252 g/mol. The molecule has 0 radical (unpaired) electrons. The summed E-state index contributed by atoms with van der Waals surface area (Å²) in [7, 11) is 0. The van der Waals surface area contributed by atoms with Crippen LogP contribution in [0.2, 0.25) is 0 Å². The summed E-state index contributed by atoms with van der Waals surface area (Å²) >= 11 is 0. The molecule has 3 N–H and O–H groups in total. The van der Waals surface area contributed by atoms with Gasteiger partial charge in [0.1, 0.15) is 0 Å². The Morgan fingerprint density at radius 1 is 1.44 bits per heavy atom. The first-order chi connectivity index (χ1) is 8.45. The van der Waals surface area contributed by atoms with Gasteiger partial charge in [-0.1, -0.05) is 26.5 Å². The second kappa shape index (κ2) is 9.53. The molecule has 0 rings (SSSR count). The number of nitrogens with zero attached hydrogens (tertiary/aromatic N) is 1. The number of hydrogen-bond donors (Lipinski definition) is 3. The Balaban J connectivity index is 3.80. The third kappa shape index (κ3) is 9.72. The summed E-state index contributed by atoms with van der Waals surface area (Å²) < 4.78 is 0. The fourth-order valence-corrected chi connectivity index (χ4v) is 1.21. The van der Waals surface area contributed by atoms with Crippen molar-refractivity contribution in [3.8, 4) is 0 Å². The van der Waals surface area contributed by atoms with Crippen molar-refractivity contribution in [1.29, 1.82) is 5.41 Å². The molecule has 0 fully saturated rings. The lowest BCUT2D eigenvalue weighted by atomic mass is 10.2. The molecule has 0 aromatic heterocycles. The highest BCUT2D eigenvalue weighted by Crippen LogP contribution is 2.00. The molecule has 0 bridgehead atoms. The van der Waals surface area contributed by atoms with E-state index in [0.717, 1.165) is 6.42 Å². The Hall–Kier alpha value is -1.49. The molecule has 0 aromatic rings. The molecule has 0 aliphatic rings. The lowest BCUT2D eigenvalue weighted by molar-refractivity contribution is -0.119. The number of amidine groups is 1. The van der Waals surface area contributed by atoms with Crippen LogP contribution in [0.4, 0.5) is 0 Å². The van der Waals surface area contributed by atoms with Gasteiger partial charge < -0.3 is 10.6 Å². The number of aliphatic imine (C=N–C) groups is 1. The lowest BCUT2D eigenvalue weighted by Crippen LogP contribution is -2.39. The van der Waals surface area contributed by atoms with Crippen LogP contribution < -0.4 is 10.6 Å². The quantitative estimate of drug-likeness (QED) is 0.452. The van der Waals surface area contributed by atoms with Crippen LogP contribution in [0, 0.1) is 5.41 Å². The maximum absolute atomic E-state index is 11.4. The molecule has 1 atom stereocenters. The number of carbonyl (C=O) groups is 1. The zero-order valence-electron chi connectivity index (χ0n) is 11.5. The van der Waals surface area contributed by atoms with Gasteiger partial charge in [-0.25, -0.2) is 0 Å². The van der Waals surface area contributed by atoms with Gasteiger partial charge >= 0.3 is 0 Å². The predicted molar refractivity (Wildman–Crippen MR) is 76.4 cm³/mol. The number of allylic oxidation sites excluding steroid dienone is 1. The highest BCUT2D eigenvalue weighted by Gasteiger charge is 2.06. The minimum atomic E-state index is -0.170. The van der Waals surface area contributed by atoms with E-state index < -0.39 is 0 Å². The van der Waals surface area contributed by atoms with E-state index in [1.165, 1.54) is 0 Å². The van der Waals surface area contributed by atoms with E-state index in [1.54, 1.807) is 12.3 Å². The third-order valence-corrected chi connectivity index (χ3v) is 2.22. The normalized spacial score (nSPS) is 12.7. The summed E-state index contributed by atoms with van der Waals surface area (Å²) in [6, 6.07) is 0.396. The van der Waals surface area contributed by atoms with Crippen molar-refractivity contribution in [2.45, 2.75) is 45.7 Å². The van der Waals surface area contributed by atoms with Crippen molar-refractivity contribution in [1.82, 2.24) is 10.6 Å². The molecular formula is C13H24N4O. The molecule has 102 valence electrons. The van der Waals surface area contributed by atoms with Crippen LogP contribution in [0.15, 0.2) is 17.6 Å². The smallest absolute Gasteiger partial charge is 0.239 e. The first-order valence-corrected chi connectivity index (χ1v) is 6.20. The minimum Gasteiger partial charge on any atom is -0.314 e. The first kappa shape index (κ1) is 16.5. The summed E-state index contributed by atoms with van der Waals surface area (Å²) in [6.45, 7) is 9.69. The number of amides is 1. The highest BCUT2D eigenvalue weighted by atomic mass is 16.1. The molecule has 0 saturated carbocycles. The molecule has 1 amide bonds. The maximum atomic E-state index is 11.4. The summed E-state index contributed by atoms with van der Waals surface area (Å²) in [6.07, 6.45) is 4.53. The zero-order chi connectivity index (χ0) is 14.0. The van der Waals surface area contributed by atoms with E-state index in [1.807, 2.05) is 20.8 Å². The lowest BCUT2D eigenvalue weighted by Gasteiger charge is -2.10. The molecule has 0 heterocycles. The highest BCUT2D eigenvalue weighted by molar-refractivity contribution is 5.97. The summed E-state index contributed by atoms with van der Waals surface area (Å²) in [5.41, 5.74) is 0. The largest absolute Gasteiger partial charge is 0.314 e. The van der Waals surface area contributed by atoms with Crippen molar-refractivity contribution in [3.63, 3.8) is 0 Å².